The van der Waals surface area contributed by atoms with Crippen LogP contribution in [0.15, 0.2) is 79.9 Å². The van der Waals surface area contributed by atoms with Gasteiger partial charge in [-0.25, -0.2) is 0 Å². The van der Waals surface area contributed by atoms with Crippen LogP contribution in [0.3, 0.4) is 0 Å². The van der Waals surface area contributed by atoms with Gasteiger partial charge < -0.3 is 24.5 Å². The molecule has 8 nitrogen and oxygen atoms in total. The Morgan fingerprint density at radius 2 is 1.77 bits per heavy atom. The maximum atomic E-state index is 14.8. The molecule has 2 bridgehead atoms. The molecule has 1 N–H and O–H groups in total. The summed E-state index contributed by atoms with van der Waals surface area (Å²) in [4.78, 5) is 48.4. The molecule has 3 amide bonds. The van der Waals surface area contributed by atoms with Gasteiger partial charge in [-0.3, -0.25) is 14.4 Å². The van der Waals surface area contributed by atoms with Crippen molar-refractivity contribution in [3.8, 4) is 0 Å². The first-order chi connectivity index (χ1) is 21.1. The number of nitrogens with zero attached hydrogens (tertiary/aromatic N) is 3. The number of rotatable bonds is 12. The molecule has 0 radical (unpaired) electrons. The van der Waals surface area contributed by atoms with Gasteiger partial charge in [0.1, 0.15) is 11.6 Å². The van der Waals surface area contributed by atoms with Crippen LogP contribution in [0.4, 0.5) is 5.69 Å². The Bertz CT molecular complexity index is 1420. The fourth-order valence-corrected chi connectivity index (χ4v) is 8.44. The number of halogens is 2. The third kappa shape index (κ3) is 5.42. The van der Waals surface area contributed by atoms with E-state index in [9.17, 15) is 19.5 Å². The SMILES string of the molecule is C=CCN(Cc1ccccc1)C(=O)[C@H]1[C@H]2C(=O)N([C@@H](CO)C(C)C)C(C(=O)N(CC=C)c3ccccc3Cl)C23CC(Br)[C@@H]1O3. The summed E-state index contributed by atoms with van der Waals surface area (Å²) >= 11 is 10.3. The average molecular weight is 685 g/mol. The van der Waals surface area contributed by atoms with E-state index < -0.39 is 41.5 Å². The van der Waals surface area contributed by atoms with Crippen molar-refractivity contribution >= 4 is 50.9 Å². The highest BCUT2D eigenvalue weighted by molar-refractivity contribution is 9.09. The highest BCUT2D eigenvalue weighted by atomic mass is 79.9. The first-order valence-electron chi connectivity index (χ1n) is 15.0. The van der Waals surface area contributed by atoms with E-state index in [1.165, 1.54) is 9.80 Å². The van der Waals surface area contributed by atoms with Gasteiger partial charge in [-0.05, 0) is 30.0 Å². The smallest absolute Gasteiger partial charge is 0.253 e. The number of amides is 3. The van der Waals surface area contributed by atoms with Crippen molar-refractivity contribution in [2.24, 2.45) is 17.8 Å². The summed E-state index contributed by atoms with van der Waals surface area (Å²) in [6.07, 6.45) is 3.01. The number of aliphatic hydroxyl groups excluding tert-OH is 1. The second-order valence-corrected chi connectivity index (χ2v) is 13.7. The van der Waals surface area contributed by atoms with Gasteiger partial charge in [0.15, 0.2) is 0 Å². The predicted octanol–water partition coefficient (Wildman–Crippen LogP) is 4.84. The number of anilines is 1. The molecule has 0 aliphatic carbocycles. The maximum Gasteiger partial charge on any atom is 0.253 e. The molecule has 2 aromatic rings. The lowest BCUT2D eigenvalue weighted by Gasteiger charge is -2.40. The van der Waals surface area contributed by atoms with Crippen LogP contribution in [0.1, 0.15) is 25.8 Å². The van der Waals surface area contributed by atoms with Crippen LogP contribution in [0, 0.1) is 17.8 Å². The molecule has 5 rings (SSSR count). The summed E-state index contributed by atoms with van der Waals surface area (Å²) in [5.74, 6) is -2.89. The zero-order valence-electron chi connectivity index (χ0n) is 25.0. The molecule has 1 spiro atoms. The molecule has 3 unspecified atom stereocenters. The summed E-state index contributed by atoms with van der Waals surface area (Å²) in [6.45, 7) is 11.9. The number of hydrogen-bond donors (Lipinski definition) is 1. The second kappa shape index (κ2) is 13.2. The monoisotopic (exact) mass is 683 g/mol. The molecular weight excluding hydrogens is 646 g/mol. The van der Waals surface area contributed by atoms with Gasteiger partial charge in [-0.1, -0.05) is 96.0 Å². The van der Waals surface area contributed by atoms with Gasteiger partial charge >= 0.3 is 0 Å². The average Bonchev–Trinajstić information content (AvgIpc) is 3.60. The van der Waals surface area contributed by atoms with E-state index in [0.29, 0.717) is 23.7 Å². The number of aliphatic hydroxyl groups is 1. The normalized spacial score (nSPS) is 27.7. The van der Waals surface area contributed by atoms with Gasteiger partial charge in [0.25, 0.3) is 5.91 Å². The second-order valence-electron chi connectivity index (χ2n) is 12.1. The number of alkyl halides is 1. The molecule has 3 aliphatic heterocycles. The topological polar surface area (TPSA) is 90.4 Å². The minimum atomic E-state index is -1.29. The lowest BCUT2D eigenvalue weighted by Crippen LogP contribution is -2.60. The van der Waals surface area contributed by atoms with Crippen LogP contribution >= 0.6 is 27.5 Å². The van der Waals surface area contributed by atoms with Crippen molar-refractivity contribution in [3.63, 3.8) is 0 Å². The molecule has 44 heavy (non-hydrogen) atoms. The van der Waals surface area contributed by atoms with Crippen LogP contribution in [0.25, 0.3) is 0 Å². The number of ether oxygens (including phenoxy) is 1. The fraction of sp³-hybridized carbons (Fsp3) is 0.441. The van der Waals surface area contributed by atoms with Crippen molar-refractivity contribution in [2.75, 3.05) is 24.6 Å². The molecular formula is C34H39BrClN3O5. The predicted molar refractivity (Wildman–Crippen MR) is 174 cm³/mol. The van der Waals surface area contributed by atoms with Crippen LogP contribution in [0.5, 0.6) is 0 Å². The molecule has 10 heteroatoms. The van der Waals surface area contributed by atoms with Crippen LogP contribution < -0.4 is 4.90 Å². The van der Waals surface area contributed by atoms with E-state index in [4.69, 9.17) is 16.3 Å². The van der Waals surface area contributed by atoms with Gasteiger partial charge in [-0.15, -0.1) is 13.2 Å². The van der Waals surface area contributed by atoms with Crippen molar-refractivity contribution in [1.82, 2.24) is 9.80 Å². The number of likely N-dealkylation sites (tertiary alicyclic amines) is 1. The molecule has 234 valence electrons. The number of fused-ring (bicyclic) bond motifs is 1. The zero-order valence-corrected chi connectivity index (χ0v) is 27.4. The molecule has 0 saturated carbocycles. The summed E-state index contributed by atoms with van der Waals surface area (Å²) < 4.78 is 6.74. The molecule has 7 atom stereocenters. The van der Waals surface area contributed by atoms with Gasteiger partial charge in [0.2, 0.25) is 11.8 Å². The third-order valence-corrected chi connectivity index (χ3v) is 10.3. The van der Waals surface area contributed by atoms with E-state index >= 15 is 0 Å². The molecule has 3 heterocycles. The van der Waals surface area contributed by atoms with Crippen molar-refractivity contribution in [2.45, 2.75) is 55.4 Å². The maximum absolute atomic E-state index is 14.8. The number of para-hydroxylation sites is 1. The number of hydrogen-bond acceptors (Lipinski definition) is 5. The summed E-state index contributed by atoms with van der Waals surface area (Å²) in [6, 6.07) is 14.9. The van der Waals surface area contributed by atoms with Crippen LogP contribution in [-0.2, 0) is 25.7 Å². The van der Waals surface area contributed by atoms with Gasteiger partial charge in [0, 0.05) is 24.5 Å². The minimum absolute atomic E-state index is 0.140. The first-order valence-corrected chi connectivity index (χ1v) is 16.3. The van der Waals surface area contributed by atoms with Crippen LogP contribution in [0.2, 0.25) is 5.02 Å². The van der Waals surface area contributed by atoms with Gasteiger partial charge in [0.05, 0.1) is 41.3 Å². The van der Waals surface area contributed by atoms with E-state index in [0.717, 1.165) is 5.56 Å². The number of carbonyl (C=O) groups excluding carboxylic acids is 3. The lowest BCUT2D eigenvalue weighted by molar-refractivity contribution is -0.148. The quantitative estimate of drug-likeness (QED) is 0.256. The Balaban J connectivity index is 1.61. The van der Waals surface area contributed by atoms with E-state index in [1.54, 1.807) is 41.3 Å². The third-order valence-electron chi connectivity index (χ3n) is 9.16. The largest absolute Gasteiger partial charge is 0.394 e. The van der Waals surface area contributed by atoms with Crippen molar-refractivity contribution in [1.29, 1.82) is 0 Å². The Labute approximate surface area is 272 Å². The van der Waals surface area contributed by atoms with Crippen molar-refractivity contribution < 1.29 is 24.2 Å². The molecule has 3 saturated heterocycles. The number of benzene rings is 2. The standard InChI is InChI=1S/C34H39BrClN3O5/c1-5-16-37(19-22-12-8-7-9-13-22)31(41)27-28-32(42)39(26(20-40)21(3)4)30(34(28)18-23(35)29(27)44-34)33(43)38(17-6-2)25-15-11-10-14-24(25)36/h5-15,21,23,26-30,40H,1-2,16-20H2,3-4H3/t23?,26-,27-,28-,29-,30?,34?/m0/s1. The number of carbonyl (C=O) groups is 3. The Morgan fingerprint density at radius 3 is 2.39 bits per heavy atom. The van der Waals surface area contributed by atoms with Crippen LogP contribution in [-0.4, -0.2) is 80.9 Å². The fourth-order valence-electron chi connectivity index (χ4n) is 7.26. The molecule has 3 aliphatic rings. The minimum Gasteiger partial charge on any atom is -0.394 e. The first kappa shape index (κ1) is 32.4. The van der Waals surface area contributed by atoms with E-state index in [2.05, 4.69) is 29.1 Å². The highest BCUT2D eigenvalue weighted by Gasteiger charge is 2.77. The Hall–Kier alpha value is -2.98. The van der Waals surface area contributed by atoms with E-state index in [-0.39, 0.29) is 42.3 Å². The highest BCUT2D eigenvalue weighted by Crippen LogP contribution is 2.61. The summed E-state index contributed by atoms with van der Waals surface area (Å²) in [5, 5.41) is 10.9. The Morgan fingerprint density at radius 1 is 1.11 bits per heavy atom. The van der Waals surface area contributed by atoms with E-state index in [1.807, 2.05) is 44.2 Å². The molecule has 2 aromatic carbocycles. The molecule has 0 aromatic heterocycles. The summed E-state index contributed by atoms with van der Waals surface area (Å²) in [5.41, 5.74) is 0.138. The lowest BCUT2D eigenvalue weighted by atomic mass is 9.70. The molecule has 3 fully saturated rings. The Kier molecular flexibility index (Phi) is 9.70. The zero-order chi connectivity index (χ0) is 31.8. The van der Waals surface area contributed by atoms with Crippen molar-refractivity contribution in [3.05, 3.63) is 90.5 Å². The summed E-state index contributed by atoms with van der Waals surface area (Å²) in [7, 11) is 0. The van der Waals surface area contributed by atoms with Gasteiger partial charge in [-0.2, -0.15) is 0 Å².